The maximum absolute atomic E-state index is 11.2. The van der Waals surface area contributed by atoms with Crippen LogP contribution in [-0.2, 0) is 14.6 Å². The Hall–Kier alpha value is -0.780. The summed E-state index contributed by atoms with van der Waals surface area (Å²) in [5.74, 6) is 0.741. The average molecular weight is 219 g/mol. The number of nitrogens with one attached hydrogen (secondary N) is 1. The Labute approximate surface area is 82.7 Å². The maximum Gasteiger partial charge on any atom is 0.407 e. The van der Waals surface area contributed by atoms with Gasteiger partial charge in [0.05, 0.1) is 17.5 Å². The molecule has 2 heterocycles. The fraction of sp³-hybridized carbons (Fsp3) is 0.875. The van der Waals surface area contributed by atoms with Gasteiger partial charge in [0.15, 0.2) is 9.84 Å². The zero-order valence-electron chi connectivity index (χ0n) is 7.73. The number of cyclic esters (lactones) is 1. The molecule has 0 saturated carbocycles. The molecular weight excluding hydrogens is 206 g/mol. The number of carbonyl (C=O) groups excluding carboxylic acids is 1. The van der Waals surface area contributed by atoms with Crippen LogP contribution in [0.4, 0.5) is 4.79 Å². The summed E-state index contributed by atoms with van der Waals surface area (Å²) >= 11 is 0. The molecule has 2 atom stereocenters. The van der Waals surface area contributed by atoms with Crippen LogP contribution in [0.5, 0.6) is 0 Å². The van der Waals surface area contributed by atoms with Crippen molar-refractivity contribution in [2.24, 2.45) is 5.92 Å². The lowest BCUT2D eigenvalue weighted by molar-refractivity contribution is 0.176. The summed E-state index contributed by atoms with van der Waals surface area (Å²) in [6.45, 7) is 0.370. The molecule has 0 spiro atoms. The second kappa shape index (κ2) is 3.42. The lowest BCUT2D eigenvalue weighted by Crippen LogP contribution is -2.28. The predicted octanol–water partition coefficient (Wildman–Crippen LogP) is -0.0804. The standard InChI is InChI=1S/C8H13NO4S/c10-8-9-7(4-13-8)3-6-1-2-14(11,12)5-6/h6-7H,1-5H2,(H,9,10). The molecule has 2 saturated heterocycles. The van der Waals surface area contributed by atoms with E-state index in [0.717, 1.165) is 0 Å². The molecule has 0 radical (unpaired) electrons. The first-order valence-electron chi connectivity index (χ1n) is 4.69. The fourth-order valence-electron chi connectivity index (χ4n) is 2.01. The van der Waals surface area contributed by atoms with Crippen LogP contribution in [0.3, 0.4) is 0 Å². The van der Waals surface area contributed by atoms with Crippen molar-refractivity contribution in [1.29, 1.82) is 0 Å². The van der Waals surface area contributed by atoms with Crippen molar-refractivity contribution < 1.29 is 17.9 Å². The van der Waals surface area contributed by atoms with Crippen molar-refractivity contribution in [2.75, 3.05) is 18.1 Å². The van der Waals surface area contributed by atoms with Crippen molar-refractivity contribution in [3.8, 4) is 0 Å². The van der Waals surface area contributed by atoms with E-state index in [4.69, 9.17) is 4.74 Å². The van der Waals surface area contributed by atoms with Crippen LogP contribution in [0.25, 0.3) is 0 Å². The summed E-state index contributed by atoms with van der Waals surface area (Å²) in [5, 5.41) is 2.65. The van der Waals surface area contributed by atoms with Gasteiger partial charge in [0.2, 0.25) is 0 Å². The molecule has 0 aromatic heterocycles. The molecule has 2 fully saturated rings. The second-order valence-corrected chi connectivity index (χ2v) is 6.17. The van der Waals surface area contributed by atoms with Gasteiger partial charge in [0.1, 0.15) is 6.61 Å². The summed E-state index contributed by atoms with van der Waals surface area (Å²) < 4.78 is 27.0. The topological polar surface area (TPSA) is 72.5 Å². The van der Waals surface area contributed by atoms with Crippen molar-refractivity contribution >= 4 is 15.9 Å². The number of hydrogen-bond donors (Lipinski definition) is 1. The SMILES string of the molecule is O=C1NC(CC2CCS(=O)(=O)C2)CO1. The van der Waals surface area contributed by atoms with E-state index in [1.807, 2.05) is 0 Å². The lowest BCUT2D eigenvalue weighted by atomic mass is 10.0. The van der Waals surface area contributed by atoms with Gasteiger partial charge in [-0.3, -0.25) is 0 Å². The highest BCUT2D eigenvalue weighted by Gasteiger charge is 2.32. The number of rotatable bonds is 2. The highest BCUT2D eigenvalue weighted by atomic mass is 32.2. The van der Waals surface area contributed by atoms with Gasteiger partial charge in [-0.25, -0.2) is 13.2 Å². The van der Waals surface area contributed by atoms with Crippen molar-refractivity contribution in [1.82, 2.24) is 5.32 Å². The van der Waals surface area contributed by atoms with Gasteiger partial charge in [-0.2, -0.15) is 0 Å². The molecule has 2 unspecified atom stereocenters. The minimum Gasteiger partial charge on any atom is -0.447 e. The Balaban J connectivity index is 1.85. The number of hydrogen-bond acceptors (Lipinski definition) is 4. The molecule has 2 aliphatic rings. The van der Waals surface area contributed by atoms with Crippen LogP contribution in [0.2, 0.25) is 0 Å². The fourth-order valence-corrected chi connectivity index (χ4v) is 3.89. The van der Waals surface area contributed by atoms with Gasteiger partial charge in [0, 0.05) is 0 Å². The first kappa shape index (κ1) is 9.76. The van der Waals surface area contributed by atoms with Gasteiger partial charge in [0.25, 0.3) is 0 Å². The van der Waals surface area contributed by atoms with Crippen LogP contribution in [0, 0.1) is 5.92 Å². The molecule has 6 heteroatoms. The average Bonchev–Trinajstić information content (AvgIpc) is 2.59. The van der Waals surface area contributed by atoms with Crippen molar-refractivity contribution in [2.45, 2.75) is 18.9 Å². The molecule has 80 valence electrons. The molecule has 1 N–H and O–H groups in total. The van der Waals surface area contributed by atoms with E-state index in [9.17, 15) is 13.2 Å². The van der Waals surface area contributed by atoms with Crippen LogP contribution in [-0.4, -0.2) is 38.7 Å². The molecule has 1 amide bonds. The quantitative estimate of drug-likeness (QED) is 0.705. The third kappa shape index (κ3) is 2.17. The number of alkyl carbamates (subject to hydrolysis) is 1. The van der Waals surface area contributed by atoms with E-state index in [1.165, 1.54) is 0 Å². The first-order chi connectivity index (χ1) is 6.55. The minimum atomic E-state index is -2.80. The number of sulfone groups is 1. The van der Waals surface area contributed by atoms with Crippen LogP contribution in [0.1, 0.15) is 12.8 Å². The van der Waals surface area contributed by atoms with Gasteiger partial charge in [-0.15, -0.1) is 0 Å². The lowest BCUT2D eigenvalue weighted by Gasteiger charge is -2.11. The molecule has 0 aromatic rings. The number of carbonyl (C=O) groups is 1. The van der Waals surface area contributed by atoms with Crippen LogP contribution in [0.15, 0.2) is 0 Å². The van der Waals surface area contributed by atoms with E-state index in [2.05, 4.69) is 5.32 Å². The Morgan fingerprint density at radius 1 is 1.50 bits per heavy atom. The maximum atomic E-state index is 11.2. The van der Waals surface area contributed by atoms with Gasteiger partial charge < -0.3 is 10.1 Å². The summed E-state index contributed by atoms with van der Waals surface area (Å²) in [6.07, 6.45) is 1.04. The van der Waals surface area contributed by atoms with E-state index in [0.29, 0.717) is 25.2 Å². The van der Waals surface area contributed by atoms with E-state index >= 15 is 0 Å². The third-order valence-electron chi connectivity index (χ3n) is 2.68. The monoisotopic (exact) mass is 219 g/mol. The van der Waals surface area contributed by atoms with Crippen molar-refractivity contribution in [3.05, 3.63) is 0 Å². The Bertz CT molecular complexity index is 337. The largest absolute Gasteiger partial charge is 0.447 e. The van der Waals surface area contributed by atoms with E-state index in [1.54, 1.807) is 0 Å². The van der Waals surface area contributed by atoms with Gasteiger partial charge >= 0.3 is 6.09 Å². The zero-order chi connectivity index (χ0) is 10.2. The number of amides is 1. The summed E-state index contributed by atoms with van der Waals surface area (Å²) in [7, 11) is -2.80. The van der Waals surface area contributed by atoms with Gasteiger partial charge in [-0.1, -0.05) is 0 Å². The summed E-state index contributed by atoms with van der Waals surface area (Å²) in [6, 6.07) is 0.000741. The molecule has 2 aliphatic heterocycles. The Morgan fingerprint density at radius 3 is 2.79 bits per heavy atom. The molecular formula is C8H13NO4S. The van der Waals surface area contributed by atoms with E-state index in [-0.39, 0.29) is 17.7 Å². The first-order valence-corrected chi connectivity index (χ1v) is 6.51. The molecule has 0 aromatic carbocycles. The summed E-state index contributed by atoms with van der Waals surface area (Å²) in [5.41, 5.74) is 0. The van der Waals surface area contributed by atoms with E-state index < -0.39 is 15.9 Å². The summed E-state index contributed by atoms with van der Waals surface area (Å²) in [4.78, 5) is 10.7. The smallest absolute Gasteiger partial charge is 0.407 e. The second-order valence-electron chi connectivity index (χ2n) is 3.94. The molecule has 0 aliphatic carbocycles. The predicted molar refractivity (Wildman–Crippen MR) is 49.6 cm³/mol. The van der Waals surface area contributed by atoms with Crippen LogP contribution < -0.4 is 5.32 Å². The zero-order valence-corrected chi connectivity index (χ0v) is 8.55. The third-order valence-corrected chi connectivity index (χ3v) is 4.52. The molecule has 0 bridgehead atoms. The highest BCUT2D eigenvalue weighted by molar-refractivity contribution is 7.91. The number of ether oxygens (including phenoxy) is 1. The highest BCUT2D eigenvalue weighted by Crippen LogP contribution is 2.23. The Kier molecular flexibility index (Phi) is 2.38. The van der Waals surface area contributed by atoms with Gasteiger partial charge in [-0.05, 0) is 18.8 Å². The molecule has 5 nitrogen and oxygen atoms in total. The van der Waals surface area contributed by atoms with Crippen LogP contribution >= 0.6 is 0 Å². The normalized spacial score (nSPS) is 35.3. The Morgan fingerprint density at radius 2 is 2.29 bits per heavy atom. The van der Waals surface area contributed by atoms with Crippen molar-refractivity contribution in [3.63, 3.8) is 0 Å². The minimum absolute atomic E-state index is 0.000741. The molecule has 2 rings (SSSR count). The molecule has 14 heavy (non-hydrogen) atoms.